The Morgan fingerprint density at radius 2 is 1.83 bits per heavy atom. The van der Waals surface area contributed by atoms with E-state index in [0.717, 1.165) is 0 Å². The third-order valence-corrected chi connectivity index (χ3v) is 4.18. The Morgan fingerprint density at radius 3 is 2.54 bits per heavy atom. The maximum atomic E-state index is 12.3. The van der Waals surface area contributed by atoms with Gasteiger partial charge in [0, 0.05) is 18.6 Å². The van der Waals surface area contributed by atoms with E-state index >= 15 is 0 Å². The first-order valence-electron chi connectivity index (χ1n) is 7.71. The number of phenols is 1. The first-order valence-corrected chi connectivity index (χ1v) is 7.71. The molecule has 6 atom stereocenters. The molecule has 3 rings (SSSR count). The molecule has 0 radical (unpaired) electrons. The molecule has 1 saturated heterocycles. The van der Waals surface area contributed by atoms with Crippen LogP contribution in [-0.2, 0) is 4.74 Å². The summed E-state index contributed by atoms with van der Waals surface area (Å²) in [6, 6.07) is 2.53. The second-order valence-corrected chi connectivity index (χ2v) is 6.17. The molecule has 0 amide bonds. The number of ketones is 1. The second-order valence-electron chi connectivity index (χ2n) is 6.17. The van der Waals surface area contributed by atoms with E-state index in [4.69, 9.17) is 14.2 Å². The molecule has 0 spiro atoms. The van der Waals surface area contributed by atoms with Crippen molar-refractivity contribution in [1.82, 2.24) is 0 Å². The summed E-state index contributed by atoms with van der Waals surface area (Å²) in [5.41, 5.74) is 0.148. The van der Waals surface area contributed by atoms with Crippen LogP contribution in [0.5, 0.6) is 17.2 Å². The molecule has 2 aliphatic rings. The molecule has 8 nitrogen and oxygen atoms in total. The van der Waals surface area contributed by atoms with Gasteiger partial charge in [-0.1, -0.05) is 0 Å². The van der Waals surface area contributed by atoms with Gasteiger partial charge in [-0.3, -0.25) is 4.79 Å². The molecule has 2 aliphatic heterocycles. The number of rotatable bonds is 2. The van der Waals surface area contributed by atoms with E-state index in [1.165, 1.54) is 19.1 Å². The monoisotopic (exact) mass is 340 g/mol. The Balaban J connectivity index is 1.92. The highest BCUT2D eigenvalue weighted by Crippen LogP contribution is 2.39. The van der Waals surface area contributed by atoms with Gasteiger partial charge >= 0.3 is 0 Å². The maximum absolute atomic E-state index is 12.3. The average Bonchev–Trinajstić information content (AvgIpc) is 2.49. The van der Waals surface area contributed by atoms with Crippen LogP contribution in [0, 0.1) is 0 Å². The second kappa shape index (κ2) is 6.21. The molecular weight excluding hydrogens is 320 g/mol. The number of Topliss-reactive ketones (excluding diaryl/α,β-unsaturated/α-hetero) is 1. The molecule has 0 aliphatic carbocycles. The number of fused-ring (bicyclic) bond motifs is 1. The van der Waals surface area contributed by atoms with Gasteiger partial charge in [-0.15, -0.1) is 0 Å². The minimum absolute atomic E-state index is 0.0123. The number of aromatic hydroxyl groups is 1. The predicted molar refractivity (Wildman–Crippen MR) is 80.1 cm³/mol. The van der Waals surface area contributed by atoms with Crippen molar-refractivity contribution in [2.75, 3.05) is 0 Å². The van der Waals surface area contributed by atoms with Crippen molar-refractivity contribution in [3.63, 3.8) is 0 Å². The van der Waals surface area contributed by atoms with Crippen molar-refractivity contribution in [2.24, 2.45) is 0 Å². The van der Waals surface area contributed by atoms with Gasteiger partial charge in [0.1, 0.15) is 47.2 Å². The number of benzene rings is 1. The summed E-state index contributed by atoms with van der Waals surface area (Å²) in [4.78, 5) is 12.3. The smallest absolute Gasteiger partial charge is 0.229 e. The topological polar surface area (TPSA) is 126 Å². The molecule has 0 saturated carbocycles. The largest absolute Gasteiger partial charge is 0.508 e. The van der Waals surface area contributed by atoms with Gasteiger partial charge in [0.05, 0.1) is 6.10 Å². The zero-order valence-electron chi connectivity index (χ0n) is 13.2. The van der Waals surface area contributed by atoms with Crippen molar-refractivity contribution in [2.45, 2.75) is 57.1 Å². The van der Waals surface area contributed by atoms with Crippen LogP contribution in [0.3, 0.4) is 0 Å². The first kappa shape index (κ1) is 17.0. The van der Waals surface area contributed by atoms with Crippen LogP contribution in [0.2, 0.25) is 0 Å². The van der Waals surface area contributed by atoms with Crippen LogP contribution < -0.4 is 9.47 Å². The molecule has 1 aromatic carbocycles. The van der Waals surface area contributed by atoms with Crippen LogP contribution in [0.1, 0.15) is 30.6 Å². The van der Waals surface area contributed by atoms with Gasteiger partial charge in [-0.25, -0.2) is 0 Å². The summed E-state index contributed by atoms with van der Waals surface area (Å²) in [7, 11) is 0. The molecule has 1 aromatic rings. The fraction of sp³-hybridized carbons (Fsp3) is 0.562. The van der Waals surface area contributed by atoms with E-state index in [-0.39, 0.29) is 41.1 Å². The van der Waals surface area contributed by atoms with Gasteiger partial charge in [0.25, 0.3) is 0 Å². The third-order valence-electron chi connectivity index (χ3n) is 4.18. The molecule has 0 aromatic heterocycles. The van der Waals surface area contributed by atoms with Crippen molar-refractivity contribution >= 4 is 5.78 Å². The molecule has 1 fully saturated rings. The molecule has 2 heterocycles. The van der Waals surface area contributed by atoms with Gasteiger partial charge < -0.3 is 34.6 Å². The molecule has 24 heavy (non-hydrogen) atoms. The summed E-state index contributed by atoms with van der Waals surface area (Å²) < 4.78 is 16.4. The SMILES string of the molecule is CC1CC(=O)c2c(cc(O)cc2OC2OC(C)C(O)C(O)C2O)O1. The van der Waals surface area contributed by atoms with Crippen LogP contribution in [0.15, 0.2) is 12.1 Å². The third kappa shape index (κ3) is 2.93. The highest BCUT2D eigenvalue weighted by molar-refractivity contribution is 6.02. The number of carbonyl (C=O) groups is 1. The minimum atomic E-state index is -1.52. The average molecular weight is 340 g/mol. The van der Waals surface area contributed by atoms with Gasteiger partial charge in [0.2, 0.25) is 6.29 Å². The maximum Gasteiger partial charge on any atom is 0.229 e. The van der Waals surface area contributed by atoms with Gasteiger partial charge in [0.15, 0.2) is 5.78 Å². The lowest BCUT2D eigenvalue weighted by atomic mass is 9.99. The molecular formula is C16H20O8. The Labute approximate surface area is 138 Å². The fourth-order valence-electron chi connectivity index (χ4n) is 2.89. The Hall–Kier alpha value is -1.87. The highest BCUT2D eigenvalue weighted by Gasteiger charge is 2.43. The van der Waals surface area contributed by atoms with Gasteiger partial charge in [-0.2, -0.15) is 0 Å². The number of aliphatic hydroxyl groups is 3. The standard InChI is InChI=1S/C16H20O8/c1-6-3-9(18)12-10(22-6)4-8(17)5-11(12)24-16-15(21)14(20)13(19)7(2)23-16/h4-7,13-17,19-21H,3H2,1-2H3. The molecule has 6 unspecified atom stereocenters. The quantitative estimate of drug-likeness (QED) is 0.590. The van der Waals surface area contributed by atoms with Crippen LogP contribution in [0.4, 0.5) is 0 Å². The number of carbonyl (C=O) groups excluding carboxylic acids is 1. The van der Waals surface area contributed by atoms with Crippen LogP contribution in [-0.4, -0.2) is 63.0 Å². The zero-order chi connectivity index (χ0) is 17.6. The summed E-state index contributed by atoms with van der Waals surface area (Å²) in [5.74, 6) is -0.225. The predicted octanol–water partition coefficient (Wildman–Crippen LogP) is -0.0478. The first-order chi connectivity index (χ1) is 11.3. The molecule has 132 valence electrons. The summed E-state index contributed by atoms with van der Waals surface area (Å²) in [5, 5.41) is 39.4. The van der Waals surface area contributed by atoms with Crippen LogP contribution >= 0.6 is 0 Å². The lowest BCUT2D eigenvalue weighted by Gasteiger charge is -2.39. The summed E-state index contributed by atoms with van der Waals surface area (Å²) in [6.07, 6.45) is -6.51. The van der Waals surface area contributed by atoms with Crippen molar-refractivity contribution < 1.29 is 39.4 Å². The van der Waals surface area contributed by atoms with Crippen LogP contribution in [0.25, 0.3) is 0 Å². The number of hydrogen-bond donors (Lipinski definition) is 4. The van der Waals surface area contributed by atoms with E-state index in [9.17, 15) is 25.2 Å². The highest BCUT2D eigenvalue weighted by atomic mass is 16.7. The van der Waals surface area contributed by atoms with E-state index in [1.807, 2.05) is 0 Å². The zero-order valence-corrected chi connectivity index (χ0v) is 13.2. The Morgan fingerprint density at radius 1 is 1.12 bits per heavy atom. The number of aliphatic hydroxyl groups excluding tert-OH is 3. The molecule has 4 N–H and O–H groups in total. The fourth-order valence-corrected chi connectivity index (χ4v) is 2.89. The Kier molecular flexibility index (Phi) is 4.39. The number of ether oxygens (including phenoxy) is 3. The summed E-state index contributed by atoms with van der Waals surface area (Å²) >= 11 is 0. The van der Waals surface area contributed by atoms with Crippen molar-refractivity contribution in [1.29, 1.82) is 0 Å². The van der Waals surface area contributed by atoms with E-state index in [0.29, 0.717) is 0 Å². The van der Waals surface area contributed by atoms with E-state index in [1.54, 1.807) is 6.92 Å². The van der Waals surface area contributed by atoms with Gasteiger partial charge in [-0.05, 0) is 13.8 Å². The minimum Gasteiger partial charge on any atom is -0.508 e. The number of phenolic OH excluding ortho intramolecular Hbond substituents is 1. The van der Waals surface area contributed by atoms with E-state index in [2.05, 4.69) is 0 Å². The molecule has 8 heteroatoms. The summed E-state index contributed by atoms with van der Waals surface area (Å²) in [6.45, 7) is 3.25. The van der Waals surface area contributed by atoms with Crippen molar-refractivity contribution in [3.05, 3.63) is 17.7 Å². The lowest BCUT2D eigenvalue weighted by Crippen LogP contribution is -2.58. The Bertz CT molecular complexity index is 645. The molecule has 0 bridgehead atoms. The lowest BCUT2D eigenvalue weighted by molar-refractivity contribution is -0.268. The number of hydrogen-bond acceptors (Lipinski definition) is 8. The van der Waals surface area contributed by atoms with Crippen molar-refractivity contribution in [3.8, 4) is 17.2 Å². The normalized spacial score (nSPS) is 36.0. The van der Waals surface area contributed by atoms with E-state index < -0.39 is 30.7 Å².